The molecular formula is C15H21N3O5S. The molecule has 0 spiro atoms. The van der Waals surface area contributed by atoms with Crippen molar-refractivity contribution in [3.63, 3.8) is 0 Å². The largest absolute Gasteiger partial charge is 0.495 e. The van der Waals surface area contributed by atoms with E-state index in [0.29, 0.717) is 25.1 Å². The van der Waals surface area contributed by atoms with Crippen molar-refractivity contribution in [3.05, 3.63) is 18.2 Å². The summed E-state index contributed by atoms with van der Waals surface area (Å²) in [6, 6.07) is 4.23. The summed E-state index contributed by atoms with van der Waals surface area (Å²) in [7, 11) is -2.38. The van der Waals surface area contributed by atoms with Crippen molar-refractivity contribution >= 4 is 27.5 Å². The highest BCUT2D eigenvalue weighted by Gasteiger charge is 2.32. The number of nitrogens with one attached hydrogen (secondary N) is 1. The van der Waals surface area contributed by atoms with Gasteiger partial charge in [-0.05, 0) is 25.0 Å². The molecule has 1 aliphatic heterocycles. The second-order valence-electron chi connectivity index (χ2n) is 5.65. The number of hydrogen-bond donors (Lipinski definition) is 2. The number of amides is 2. The fraction of sp³-hybridized carbons (Fsp3) is 0.467. The first kappa shape index (κ1) is 18.2. The number of benzene rings is 1. The number of carbonyl (C=O) groups excluding carboxylic acids is 2. The number of anilines is 1. The lowest BCUT2D eigenvalue weighted by Gasteiger charge is -2.30. The van der Waals surface area contributed by atoms with E-state index in [9.17, 15) is 18.0 Å². The van der Waals surface area contributed by atoms with Crippen LogP contribution >= 0.6 is 0 Å². The standard InChI is InChI=1S/C15H21N3O5S/c1-10(19)17-13-6-5-12(8-14(13)23-2)24(21,22)18-7-3-4-11(9-18)15(16)20/h5-6,8,11H,3-4,7,9H2,1-2H3,(H2,16,20)(H,17,19)/t11-/m0/s1. The molecule has 1 aliphatic rings. The number of carbonyl (C=O) groups is 2. The Morgan fingerprint density at radius 1 is 1.38 bits per heavy atom. The highest BCUT2D eigenvalue weighted by molar-refractivity contribution is 7.89. The van der Waals surface area contributed by atoms with Crippen molar-refractivity contribution in [2.45, 2.75) is 24.7 Å². The quantitative estimate of drug-likeness (QED) is 0.799. The third-order valence-corrected chi connectivity index (χ3v) is 5.77. The Balaban J connectivity index is 2.32. The molecule has 1 aromatic rings. The predicted molar refractivity (Wildman–Crippen MR) is 88.0 cm³/mol. The van der Waals surface area contributed by atoms with Gasteiger partial charge in [-0.1, -0.05) is 0 Å². The molecule has 1 aromatic carbocycles. The molecular weight excluding hydrogens is 334 g/mol. The van der Waals surface area contributed by atoms with Gasteiger partial charge in [0.1, 0.15) is 5.75 Å². The van der Waals surface area contributed by atoms with Gasteiger partial charge in [0.25, 0.3) is 0 Å². The van der Waals surface area contributed by atoms with Crippen molar-refractivity contribution in [3.8, 4) is 5.75 Å². The highest BCUT2D eigenvalue weighted by Crippen LogP contribution is 2.30. The van der Waals surface area contributed by atoms with E-state index in [2.05, 4.69) is 5.32 Å². The molecule has 3 N–H and O–H groups in total. The van der Waals surface area contributed by atoms with E-state index >= 15 is 0 Å². The maximum Gasteiger partial charge on any atom is 0.243 e. The van der Waals surface area contributed by atoms with E-state index < -0.39 is 21.8 Å². The second-order valence-corrected chi connectivity index (χ2v) is 7.59. The maximum atomic E-state index is 12.8. The second kappa shape index (κ2) is 7.18. The molecule has 1 heterocycles. The molecule has 1 atom stereocenters. The van der Waals surface area contributed by atoms with E-state index in [0.717, 1.165) is 0 Å². The normalized spacial score (nSPS) is 18.8. The number of rotatable bonds is 5. The zero-order valence-electron chi connectivity index (χ0n) is 13.6. The zero-order valence-corrected chi connectivity index (χ0v) is 14.4. The van der Waals surface area contributed by atoms with Crippen LogP contribution in [0, 0.1) is 5.92 Å². The fourth-order valence-electron chi connectivity index (χ4n) is 2.67. The number of methoxy groups -OCH3 is 1. The summed E-state index contributed by atoms with van der Waals surface area (Å²) >= 11 is 0. The van der Waals surface area contributed by atoms with Gasteiger partial charge in [0.15, 0.2) is 0 Å². The molecule has 2 amide bonds. The summed E-state index contributed by atoms with van der Waals surface area (Å²) in [6.45, 7) is 1.76. The number of nitrogens with two attached hydrogens (primary N) is 1. The molecule has 9 heteroatoms. The molecule has 0 saturated carbocycles. The lowest BCUT2D eigenvalue weighted by atomic mass is 9.99. The smallest absolute Gasteiger partial charge is 0.243 e. The summed E-state index contributed by atoms with van der Waals surface area (Å²) in [5.74, 6) is -1.01. The average Bonchev–Trinajstić information content (AvgIpc) is 2.54. The molecule has 0 aliphatic carbocycles. The Hall–Kier alpha value is -2.13. The van der Waals surface area contributed by atoms with Crippen molar-refractivity contribution < 1.29 is 22.7 Å². The van der Waals surface area contributed by atoms with Gasteiger partial charge in [-0.2, -0.15) is 4.31 Å². The van der Waals surface area contributed by atoms with E-state index in [1.165, 1.54) is 36.5 Å². The van der Waals surface area contributed by atoms with Crippen molar-refractivity contribution in [1.29, 1.82) is 0 Å². The number of piperidine rings is 1. The van der Waals surface area contributed by atoms with Crippen LogP contribution in [0.15, 0.2) is 23.1 Å². The lowest BCUT2D eigenvalue weighted by molar-refractivity contribution is -0.122. The first-order valence-electron chi connectivity index (χ1n) is 7.50. The van der Waals surface area contributed by atoms with Gasteiger partial charge in [-0.3, -0.25) is 9.59 Å². The van der Waals surface area contributed by atoms with Crippen LogP contribution in [0.1, 0.15) is 19.8 Å². The monoisotopic (exact) mass is 355 g/mol. The summed E-state index contributed by atoms with van der Waals surface area (Å²) in [5, 5.41) is 2.57. The van der Waals surface area contributed by atoms with Gasteiger partial charge in [0.05, 0.1) is 23.6 Å². The number of ether oxygens (including phenoxy) is 1. The van der Waals surface area contributed by atoms with Gasteiger partial charge >= 0.3 is 0 Å². The van der Waals surface area contributed by atoms with E-state index in [4.69, 9.17) is 10.5 Å². The van der Waals surface area contributed by atoms with Gasteiger partial charge in [-0.25, -0.2) is 8.42 Å². The van der Waals surface area contributed by atoms with Crippen LogP contribution in [-0.2, 0) is 19.6 Å². The Bertz CT molecular complexity index is 747. The number of primary amides is 1. The number of nitrogens with zero attached hydrogens (tertiary/aromatic N) is 1. The van der Waals surface area contributed by atoms with Crippen LogP contribution in [-0.4, -0.2) is 44.7 Å². The predicted octanol–water partition coefficient (Wildman–Crippen LogP) is 0.540. The van der Waals surface area contributed by atoms with Crippen molar-refractivity contribution in [2.75, 3.05) is 25.5 Å². The Kier molecular flexibility index (Phi) is 5.45. The SMILES string of the molecule is COc1cc(S(=O)(=O)N2CCC[C@H](C(N)=O)C2)ccc1NC(C)=O. The van der Waals surface area contributed by atoms with Crippen LogP contribution in [0.2, 0.25) is 0 Å². The van der Waals surface area contributed by atoms with Crippen molar-refractivity contribution in [2.24, 2.45) is 11.7 Å². The van der Waals surface area contributed by atoms with Crippen LogP contribution in [0.5, 0.6) is 5.75 Å². The maximum absolute atomic E-state index is 12.8. The molecule has 0 bridgehead atoms. The molecule has 2 rings (SSSR count). The lowest BCUT2D eigenvalue weighted by Crippen LogP contribution is -2.44. The molecule has 132 valence electrons. The number of hydrogen-bond acceptors (Lipinski definition) is 5. The van der Waals surface area contributed by atoms with E-state index in [-0.39, 0.29) is 23.1 Å². The average molecular weight is 355 g/mol. The fourth-order valence-corrected chi connectivity index (χ4v) is 4.21. The Labute approximate surface area is 141 Å². The molecule has 1 fully saturated rings. The van der Waals surface area contributed by atoms with E-state index in [1.807, 2.05) is 0 Å². The topological polar surface area (TPSA) is 119 Å². The minimum Gasteiger partial charge on any atom is -0.495 e. The third-order valence-electron chi connectivity index (χ3n) is 3.91. The minimum atomic E-state index is -3.77. The summed E-state index contributed by atoms with van der Waals surface area (Å²) in [6.07, 6.45) is 1.17. The summed E-state index contributed by atoms with van der Waals surface area (Å²) < 4.78 is 32.0. The van der Waals surface area contributed by atoms with Crippen LogP contribution < -0.4 is 15.8 Å². The Morgan fingerprint density at radius 3 is 2.67 bits per heavy atom. The highest BCUT2D eigenvalue weighted by atomic mass is 32.2. The third kappa shape index (κ3) is 3.85. The van der Waals surface area contributed by atoms with E-state index in [1.54, 1.807) is 0 Å². The first-order valence-corrected chi connectivity index (χ1v) is 8.95. The van der Waals surface area contributed by atoms with Crippen LogP contribution in [0.25, 0.3) is 0 Å². The molecule has 1 saturated heterocycles. The zero-order chi connectivity index (χ0) is 17.9. The van der Waals surface area contributed by atoms with Crippen LogP contribution in [0.4, 0.5) is 5.69 Å². The van der Waals surface area contributed by atoms with Gasteiger partial charge in [0, 0.05) is 26.1 Å². The first-order chi connectivity index (χ1) is 11.3. The van der Waals surface area contributed by atoms with Gasteiger partial charge in [-0.15, -0.1) is 0 Å². The molecule has 0 aromatic heterocycles. The summed E-state index contributed by atoms with van der Waals surface area (Å²) in [5.41, 5.74) is 5.69. The summed E-state index contributed by atoms with van der Waals surface area (Å²) in [4.78, 5) is 22.6. The van der Waals surface area contributed by atoms with Crippen molar-refractivity contribution in [1.82, 2.24) is 4.31 Å². The molecule has 8 nitrogen and oxygen atoms in total. The molecule has 0 radical (unpaired) electrons. The minimum absolute atomic E-state index is 0.0403. The molecule has 24 heavy (non-hydrogen) atoms. The number of sulfonamides is 1. The Morgan fingerprint density at radius 2 is 2.08 bits per heavy atom. The van der Waals surface area contributed by atoms with Gasteiger partial charge < -0.3 is 15.8 Å². The molecule has 0 unspecified atom stereocenters. The van der Waals surface area contributed by atoms with Gasteiger partial charge in [0.2, 0.25) is 21.8 Å². The van der Waals surface area contributed by atoms with Crippen LogP contribution in [0.3, 0.4) is 0 Å².